The minimum absolute atomic E-state index is 0.0489. The monoisotopic (exact) mass is 297 g/mol. The fourth-order valence-electron chi connectivity index (χ4n) is 2.09. The van der Waals surface area contributed by atoms with E-state index in [0.717, 1.165) is 0 Å². The molecule has 20 heavy (non-hydrogen) atoms. The fourth-order valence-corrected chi connectivity index (χ4v) is 3.83. The van der Waals surface area contributed by atoms with Crippen LogP contribution in [-0.2, 0) is 19.4 Å². The summed E-state index contributed by atoms with van der Waals surface area (Å²) in [7, 11) is -1.82. The van der Waals surface area contributed by atoms with Crippen LogP contribution < -0.4 is 5.32 Å². The van der Waals surface area contributed by atoms with Crippen molar-refractivity contribution in [2.24, 2.45) is 5.92 Å². The third-order valence-electron chi connectivity index (χ3n) is 3.15. The molecule has 2 rings (SSSR count). The van der Waals surface area contributed by atoms with E-state index in [1.165, 1.54) is 13.2 Å². The molecule has 0 radical (unpaired) electrons. The van der Waals surface area contributed by atoms with Gasteiger partial charge in [0.15, 0.2) is 9.84 Å². The molecule has 1 heterocycles. The van der Waals surface area contributed by atoms with Crippen molar-refractivity contribution in [2.75, 3.05) is 23.9 Å². The van der Waals surface area contributed by atoms with Gasteiger partial charge in [-0.15, -0.1) is 0 Å². The number of nitrogens with one attached hydrogen (secondary N) is 1. The number of rotatable bonds is 3. The van der Waals surface area contributed by atoms with Gasteiger partial charge in [-0.2, -0.15) is 0 Å². The summed E-state index contributed by atoms with van der Waals surface area (Å²) in [4.78, 5) is 23.3. The topological polar surface area (TPSA) is 89.5 Å². The molecule has 0 bridgehead atoms. The predicted octanol–water partition coefficient (Wildman–Crippen LogP) is 0.846. The van der Waals surface area contributed by atoms with E-state index >= 15 is 0 Å². The zero-order valence-electron chi connectivity index (χ0n) is 11.0. The van der Waals surface area contributed by atoms with Crippen LogP contribution in [0.25, 0.3) is 0 Å². The number of methoxy groups -OCH3 is 1. The average Bonchev–Trinajstić information content (AvgIpc) is 2.78. The van der Waals surface area contributed by atoms with E-state index in [1.807, 2.05) is 0 Å². The minimum atomic E-state index is -3.09. The van der Waals surface area contributed by atoms with E-state index in [0.29, 0.717) is 17.7 Å². The Labute approximate surface area is 117 Å². The van der Waals surface area contributed by atoms with Crippen LogP contribution in [0.4, 0.5) is 5.69 Å². The Morgan fingerprint density at radius 1 is 1.35 bits per heavy atom. The van der Waals surface area contributed by atoms with Gasteiger partial charge in [-0.25, -0.2) is 13.2 Å². The Morgan fingerprint density at radius 2 is 2.10 bits per heavy atom. The number of anilines is 1. The van der Waals surface area contributed by atoms with Crippen molar-refractivity contribution >= 4 is 27.4 Å². The molecule has 7 heteroatoms. The van der Waals surface area contributed by atoms with Gasteiger partial charge in [0.2, 0.25) is 5.91 Å². The van der Waals surface area contributed by atoms with Crippen molar-refractivity contribution in [3.63, 3.8) is 0 Å². The lowest BCUT2D eigenvalue weighted by Crippen LogP contribution is -2.23. The van der Waals surface area contributed by atoms with Crippen LogP contribution in [0.3, 0.4) is 0 Å². The van der Waals surface area contributed by atoms with Gasteiger partial charge in [-0.1, -0.05) is 6.07 Å². The second-order valence-corrected chi connectivity index (χ2v) is 6.89. The molecule has 6 nitrogen and oxygen atoms in total. The van der Waals surface area contributed by atoms with Gasteiger partial charge in [-0.3, -0.25) is 4.79 Å². The quantitative estimate of drug-likeness (QED) is 0.835. The molecule has 1 aliphatic rings. The second kappa shape index (κ2) is 5.62. The van der Waals surface area contributed by atoms with Crippen molar-refractivity contribution in [3.05, 3.63) is 29.8 Å². The minimum Gasteiger partial charge on any atom is -0.465 e. The Morgan fingerprint density at radius 3 is 2.70 bits per heavy atom. The number of carbonyl (C=O) groups excluding carboxylic acids is 2. The number of amides is 1. The lowest BCUT2D eigenvalue weighted by molar-refractivity contribution is -0.119. The van der Waals surface area contributed by atoms with Gasteiger partial charge >= 0.3 is 5.97 Å². The second-order valence-electron chi connectivity index (χ2n) is 4.66. The van der Waals surface area contributed by atoms with Crippen molar-refractivity contribution < 1.29 is 22.7 Å². The molecule has 1 aliphatic heterocycles. The summed E-state index contributed by atoms with van der Waals surface area (Å²) in [5.41, 5.74) is 0.770. The largest absolute Gasteiger partial charge is 0.465 e. The maximum atomic E-state index is 12.0. The van der Waals surface area contributed by atoms with E-state index in [1.54, 1.807) is 18.2 Å². The first-order chi connectivity index (χ1) is 9.41. The first kappa shape index (κ1) is 14.5. The number of hydrogen-bond donors (Lipinski definition) is 1. The third kappa shape index (κ3) is 3.36. The van der Waals surface area contributed by atoms with Gasteiger partial charge in [-0.05, 0) is 24.6 Å². The van der Waals surface area contributed by atoms with Crippen LogP contribution in [0, 0.1) is 5.92 Å². The van der Waals surface area contributed by atoms with E-state index in [9.17, 15) is 18.0 Å². The molecule has 1 aromatic carbocycles. The molecule has 0 saturated carbocycles. The molecule has 108 valence electrons. The number of carbonyl (C=O) groups is 2. The first-order valence-electron chi connectivity index (χ1n) is 6.11. The highest BCUT2D eigenvalue weighted by Gasteiger charge is 2.32. The normalized spacial score (nSPS) is 20.4. The molecule has 0 aromatic heterocycles. The number of sulfone groups is 1. The van der Waals surface area contributed by atoms with Crippen molar-refractivity contribution in [1.82, 2.24) is 0 Å². The molecular weight excluding hydrogens is 282 g/mol. The number of hydrogen-bond acceptors (Lipinski definition) is 5. The predicted molar refractivity (Wildman–Crippen MR) is 73.2 cm³/mol. The molecule has 1 aromatic rings. The smallest absolute Gasteiger partial charge is 0.337 e. The van der Waals surface area contributed by atoms with Crippen LogP contribution in [0.5, 0.6) is 0 Å². The van der Waals surface area contributed by atoms with Crippen LogP contribution >= 0.6 is 0 Å². The highest BCUT2D eigenvalue weighted by molar-refractivity contribution is 7.91. The summed E-state index contributed by atoms with van der Waals surface area (Å²) >= 11 is 0. The molecule has 0 spiro atoms. The standard InChI is InChI=1S/C13H15NO5S/c1-19-13(16)9-3-2-4-11(7-9)14-12(15)10-5-6-20(17,18)8-10/h2-4,7,10H,5-6,8H2,1H3,(H,14,15)/t10-/m0/s1. The molecule has 1 fully saturated rings. The van der Waals surface area contributed by atoms with Crippen LogP contribution in [0.1, 0.15) is 16.8 Å². The van der Waals surface area contributed by atoms with Crippen LogP contribution in [0.2, 0.25) is 0 Å². The van der Waals surface area contributed by atoms with Crippen LogP contribution in [-0.4, -0.2) is 38.9 Å². The van der Waals surface area contributed by atoms with Crippen LogP contribution in [0.15, 0.2) is 24.3 Å². The van der Waals surface area contributed by atoms with E-state index < -0.39 is 21.7 Å². The summed E-state index contributed by atoms with van der Waals surface area (Å²) < 4.78 is 27.3. The molecule has 1 N–H and O–H groups in total. The summed E-state index contributed by atoms with van der Waals surface area (Å²) in [5, 5.41) is 2.63. The lowest BCUT2D eigenvalue weighted by atomic mass is 10.1. The highest BCUT2D eigenvalue weighted by atomic mass is 32.2. The fraction of sp³-hybridized carbons (Fsp3) is 0.385. The summed E-state index contributed by atoms with van der Waals surface area (Å²) in [6.07, 6.45) is 0.338. The summed E-state index contributed by atoms with van der Waals surface area (Å²) in [5.74, 6) is -1.43. The first-order valence-corrected chi connectivity index (χ1v) is 7.93. The molecule has 1 saturated heterocycles. The Kier molecular flexibility index (Phi) is 4.08. The number of benzene rings is 1. The van der Waals surface area contributed by atoms with Crippen molar-refractivity contribution in [1.29, 1.82) is 0 Å². The average molecular weight is 297 g/mol. The third-order valence-corrected chi connectivity index (χ3v) is 4.92. The van der Waals surface area contributed by atoms with E-state index in [4.69, 9.17) is 0 Å². The van der Waals surface area contributed by atoms with Gasteiger partial charge in [0.25, 0.3) is 0 Å². The Bertz CT molecular complexity index is 638. The molecule has 1 amide bonds. The zero-order valence-corrected chi connectivity index (χ0v) is 11.8. The maximum Gasteiger partial charge on any atom is 0.337 e. The molecular formula is C13H15NO5S. The van der Waals surface area contributed by atoms with Gasteiger partial charge in [0, 0.05) is 5.69 Å². The zero-order chi connectivity index (χ0) is 14.8. The summed E-state index contributed by atoms with van der Waals surface area (Å²) in [6.45, 7) is 0. The molecule has 0 unspecified atom stereocenters. The number of ether oxygens (including phenoxy) is 1. The summed E-state index contributed by atoms with van der Waals surface area (Å²) in [6, 6.07) is 6.32. The SMILES string of the molecule is COC(=O)c1cccc(NC(=O)[C@H]2CCS(=O)(=O)C2)c1. The van der Waals surface area contributed by atoms with Crippen molar-refractivity contribution in [2.45, 2.75) is 6.42 Å². The lowest BCUT2D eigenvalue weighted by Gasteiger charge is -2.10. The van der Waals surface area contributed by atoms with Gasteiger partial charge < -0.3 is 10.1 Å². The van der Waals surface area contributed by atoms with Gasteiger partial charge in [0.05, 0.1) is 30.1 Å². The molecule has 0 aliphatic carbocycles. The van der Waals surface area contributed by atoms with Crippen molar-refractivity contribution in [3.8, 4) is 0 Å². The Balaban J connectivity index is 2.07. The van der Waals surface area contributed by atoms with E-state index in [2.05, 4.69) is 10.1 Å². The Hall–Kier alpha value is -1.89. The maximum absolute atomic E-state index is 12.0. The van der Waals surface area contributed by atoms with Gasteiger partial charge in [0.1, 0.15) is 0 Å². The molecule has 1 atom stereocenters. The number of esters is 1. The van der Waals surface area contributed by atoms with E-state index in [-0.39, 0.29) is 17.4 Å². The highest BCUT2D eigenvalue weighted by Crippen LogP contribution is 2.21.